The van der Waals surface area contributed by atoms with Crippen molar-refractivity contribution < 1.29 is 4.79 Å². The molecule has 0 aliphatic heterocycles. The normalized spacial score (nSPS) is 12.7. The minimum absolute atomic E-state index is 0.135. The first-order valence-corrected chi connectivity index (χ1v) is 7.19. The van der Waals surface area contributed by atoms with Crippen molar-refractivity contribution in [2.24, 2.45) is 5.73 Å². The van der Waals surface area contributed by atoms with E-state index in [9.17, 15) is 4.79 Å². The topological polar surface area (TPSA) is 55.1 Å². The summed E-state index contributed by atoms with van der Waals surface area (Å²) in [6, 6.07) is 8.76. The van der Waals surface area contributed by atoms with Crippen LogP contribution >= 0.6 is 11.8 Å². The molecule has 1 rings (SSSR count). The van der Waals surface area contributed by atoms with Gasteiger partial charge in [0.05, 0.1) is 5.25 Å². The lowest BCUT2D eigenvalue weighted by Crippen LogP contribution is -2.24. The van der Waals surface area contributed by atoms with E-state index in [4.69, 9.17) is 5.73 Å². The lowest BCUT2D eigenvalue weighted by molar-refractivity contribution is -0.117. The van der Waals surface area contributed by atoms with E-state index in [2.05, 4.69) is 31.3 Å². The molecule has 0 radical (unpaired) electrons. The average Bonchev–Trinajstić information content (AvgIpc) is 2.34. The van der Waals surface area contributed by atoms with Gasteiger partial charge in [0, 0.05) is 17.5 Å². The number of primary amides is 1. The van der Waals surface area contributed by atoms with Gasteiger partial charge in [-0.2, -0.15) is 0 Å². The molecule has 1 aromatic carbocycles. The average molecular weight is 266 g/mol. The summed E-state index contributed by atoms with van der Waals surface area (Å²) in [6.07, 6.45) is 0.761. The van der Waals surface area contributed by atoms with Gasteiger partial charge in [-0.15, -0.1) is 11.8 Å². The van der Waals surface area contributed by atoms with E-state index < -0.39 is 0 Å². The molecule has 0 aliphatic carbocycles. The second-order valence-corrected chi connectivity index (χ2v) is 5.87. The molecule has 100 valence electrons. The van der Waals surface area contributed by atoms with Crippen LogP contribution in [0.2, 0.25) is 0 Å². The molecule has 0 fully saturated rings. The predicted octanol–water partition coefficient (Wildman–Crippen LogP) is 2.54. The summed E-state index contributed by atoms with van der Waals surface area (Å²) in [4.78, 5) is 12.3. The minimum Gasteiger partial charge on any atom is -0.369 e. The van der Waals surface area contributed by atoms with Crippen molar-refractivity contribution in [2.45, 2.75) is 49.9 Å². The summed E-state index contributed by atoms with van der Waals surface area (Å²) < 4.78 is 0. The van der Waals surface area contributed by atoms with E-state index in [0.29, 0.717) is 6.04 Å². The van der Waals surface area contributed by atoms with E-state index in [1.165, 1.54) is 17.3 Å². The monoisotopic (exact) mass is 266 g/mol. The SMILES string of the molecule is CCC(Sc1ccc(CNC(C)C)cc1)C(N)=O. The third kappa shape index (κ3) is 5.10. The van der Waals surface area contributed by atoms with Crippen molar-refractivity contribution >= 4 is 17.7 Å². The standard InChI is InChI=1S/C14H22N2OS/c1-4-13(14(15)17)18-12-7-5-11(6-8-12)9-16-10(2)3/h5-8,10,13,16H,4,9H2,1-3H3,(H2,15,17). The zero-order valence-electron chi connectivity index (χ0n) is 11.3. The van der Waals surface area contributed by atoms with Crippen LogP contribution in [0.3, 0.4) is 0 Å². The number of carbonyl (C=O) groups excluding carboxylic acids is 1. The molecule has 1 amide bonds. The van der Waals surface area contributed by atoms with E-state index in [-0.39, 0.29) is 11.2 Å². The maximum absolute atomic E-state index is 11.2. The molecular formula is C14H22N2OS. The summed E-state index contributed by atoms with van der Waals surface area (Å²) in [5.74, 6) is -0.243. The number of nitrogens with one attached hydrogen (secondary N) is 1. The van der Waals surface area contributed by atoms with Crippen LogP contribution < -0.4 is 11.1 Å². The van der Waals surface area contributed by atoms with Crippen molar-refractivity contribution in [3.05, 3.63) is 29.8 Å². The first-order chi connectivity index (χ1) is 8.52. The fourth-order valence-corrected chi connectivity index (χ4v) is 2.42. The lowest BCUT2D eigenvalue weighted by Gasteiger charge is -2.11. The fourth-order valence-electron chi connectivity index (χ4n) is 1.51. The largest absolute Gasteiger partial charge is 0.369 e. The summed E-state index contributed by atoms with van der Waals surface area (Å²) in [5, 5.41) is 3.24. The second-order valence-electron chi connectivity index (χ2n) is 4.60. The first kappa shape index (κ1) is 15.1. The third-order valence-corrected chi connectivity index (χ3v) is 4.00. The van der Waals surface area contributed by atoms with Gasteiger partial charge in [0.15, 0.2) is 0 Å². The Bertz CT molecular complexity index is 376. The summed E-state index contributed by atoms with van der Waals surface area (Å²) in [7, 11) is 0. The van der Waals surface area contributed by atoms with Crippen molar-refractivity contribution in [1.29, 1.82) is 0 Å². The Labute approximate surface area is 114 Å². The molecule has 1 unspecified atom stereocenters. The van der Waals surface area contributed by atoms with Crippen molar-refractivity contribution in [2.75, 3.05) is 0 Å². The van der Waals surface area contributed by atoms with Crippen molar-refractivity contribution in [3.8, 4) is 0 Å². The Kier molecular flexibility index (Phi) is 6.22. The quantitative estimate of drug-likeness (QED) is 0.746. The smallest absolute Gasteiger partial charge is 0.230 e. The Morgan fingerprint density at radius 3 is 2.39 bits per heavy atom. The number of carbonyl (C=O) groups is 1. The molecule has 0 bridgehead atoms. The molecule has 3 N–H and O–H groups in total. The van der Waals surface area contributed by atoms with Crippen molar-refractivity contribution in [3.63, 3.8) is 0 Å². The lowest BCUT2D eigenvalue weighted by atomic mass is 10.2. The Morgan fingerprint density at radius 1 is 1.33 bits per heavy atom. The van der Waals surface area contributed by atoms with E-state index in [0.717, 1.165) is 17.9 Å². The third-order valence-electron chi connectivity index (χ3n) is 2.60. The minimum atomic E-state index is -0.243. The van der Waals surface area contributed by atoms with E-state index in [1.54, 1.807) is 0 Å². The number of benzene rings is 1. The predicted molar refractivity (Wildman–Crippen MR) is 77.5 cm³/mol. The molecule has 0 saturated carbocycles. The summed E-state index contributed by atoms with van der Waals surface area (Å²) in [6.45, 7) is 7.10. The van der Waals surface area contributed by atoms with Crippen LogP contribution in [0.1, 0.15) is 32.8 Å². The highest BCUT2D eigenvalue weighted by atomic mass is 32.2. The second kappa shape index (κ2) is 7.44. The van der Waals surface area contributed by atoms with Gasteiger partial charge < -0.3 is 11.1 Å². The van der Waals surface area contributed by atoms with Gasteiger partial charge in [0.25, 0.3) is 0 Å². The molecule has 0 aromatic heterocycles. The van der Waals surface area contributed by atoms with Crippen LogP contribution in [-0.4, -0.2) is 17.2 Å². The number of rotatable bonds is 7. The highest BCUT2D eigenvalue weighted by molar-refractivity contribution is 8.00. The summed E-state index contributed by atoms with van der Waals surface area (Å²) >= 11 is 1.53. The molecule has 1 aromatic rings. The maximum Gasteiger partial charge on any atom is 0.230 e. The Morgan fingerprint density at radius 2 is 1.94 bits per heavy atom. The number of nitrogens with two attached hydrogens (primary N) is 1. The molecule has 0 heterocycles. The number of thioether (sulfide) groups is 1. The Hall–Kier alpha value is -1.00. The zero-order chi connectivity index (χ0) is 13.5. The van der Waals surface area contributed by atoms with Gasteiger partial charge in [-0.1, -0.05) is 32.9 Å². The maximum atomic E-state index is 11.2. The fraction of sp³-hybridized carbons (Fsp3) is 0.500. The molecular weight excluding hydrogens is 244 g/mol. The van der Waals surface area contributed by atoms with Crippen LogP contribution in [0, 0.1) is 0 Å². The summed E-state index contributed by atoms with van der Waals surface area (Å²) in [5.41, 5.74) is 6.59. The number of amides is 1. The number of hydrogen-bond donors (Lipinski definition) is 2. The van der Waals surface area contributed by atoms with Crippen LogP contribution in [0.4, 0.5) is 0 Å². The van der Waals surface area contributed by atoms with Gasteiger partial charge in [-0.25, -0.2) is 0 Å². The molecule has 0 spiro atoms. The van der Waals surface area contributed by atoms with Gasteiger partial charge in [-0.05, 0) is 24.1 Å². The molecule has 1 atom stereocenters. The van der Waals surface area contributed by atoms with Crippen LogP contribution in [0.5, 0.6) is 0 Å². The molecule has 4 heteroatoms. The number of hydrogen-bond acceptors (Lipinski definition) is 3. The first-order valence-electron chi connectivity index (χ1n) is 6.31. The van der Waals surface area contributed by atoms with Crippen LogP contribution in [-0.2, 0) is 11.3 Å². The van der Waals surface area contributed by atoms with Gasteiger partial charge in [0.1, 0.15) is 0 Å². The molecule has 3 nitrogen and oxygen atoms in total. The highest BCUT2D eigenvalue weighted by Gasteiger charge is 2.13. The van der Waals surface area contributed by atoms with E-state index >= 15 is 0 Å². The molecule has 0 saturated heterocycles. The molecule has 18 heavy (non-hydrogen) atoms. The highest BCUT2D eigenvalue weighted by Crippen LogP contribution is 2.25. The molecule has 0 aliphatic rings. The van der Waals surface area contributed by atoms with Crippen molar-refractivity contribution in [1.82, 2.24) is 5.32 Å². The van der Waals surface area contributed by atoms with Gasteiger partial charge >= 0.3 is 0 Å². The van der Waals surface area contributed by atoms with Gasteiger partial charge in [-0.3, -0.25) is 4.79 Å². The van der Waals surface area contributed by atoms with Crippen LogP contribution in [0.15, 0.2) is 29.2 Å². The zero-order valence-corrected chi connectivity index (χ0v) is 12.1. The van der Waals surface area contributed by atoms with Gasteiger partial charge in [0.2, 0.25) is 5.91 Å². The van der Waals surface area contributed by atoms with E-state index in [1.807, 2.05) is 19.1 Å². The van der Waals surface area contributed by atoms with Crippen LogP contribution in [0.25, 0.3) is 0 Å². The Balaban J connectivity index is 2.57.